The lowest BCUT2D eigenvalue weighted by atomic mass is 10.0. The first-order valence-electron chi connectivity index (χ1n) is 13.7. The second-order valence-electron chi connectivity index (χ2n) is 11.6. The maximum atomic E-state index is 15.2. The lowest BCUT2D eigenvalue weighted by molar-refractivity contribution is -0.0298. The lowest BCUT2D eigenvalue weighted by Gasteiger charge is -2.43. The predicted molar refractivity (Wildman–Crippen MR) is 144 cm³/mol. The Balaban J connectivity index is 1.41. The summed E-state index contributed by atoms with van der Waals surface area (Å²) in [6.07, 6.45) is 5.85. The van der Waals surface area contributed by atoms with Gasteiger partial charge in [-0.15, -0.1) is 0 Å². The number of nitrogens with zero attached hydrogens (tertiary/aromatic N) is 7. The van der Waals surface area contributed by atoms with E-state index in [0.29, 0.717) is 54.5 Å². The van der Waals surface area contributed by atoms with Gasteiger partial charge in [-0.05, 0) is 72.4 Å². The zero-order chi connectivity index (χ0) is 27.9. The van der Waals surface area contributed by atoms with E-state index in [4.69, 9.17) is 9.47 Å². The van der Waals surface area contributed by atoms with Crippen molar-refractivity contribution in [3.8, 4) is 11.3 Å². The Labute approximate surface area is 228 Å². The van der Waals surface area contributed by atoms with Crippen LogP contribution in [0.25, 0.3) is 22.4 Å². The van der Waals surface area contributed by atoms with Crippen LogP contribution in [0.4, 0.5) is 9.18 Å². The molecule has 11 heteroatoms. The summed E-state index contributed by atoms with van der Waals surface area (Å²) in [5.74, 6) is -0.0728. The second kappa shape index (κ2) is 10.8. The molecule has 10 nitrogen and oxygen atoms in total. The van der Waals surface area contributed by atoms with Crippen molar-refractivity contribution in [3.05, 3.63) is 35.9 Å². The summed E-state index contributed by atoms with van der Waals surface area (Å²) in [5.41, 5.74) is 2.21. The Morgan fingerprint density at radius 3 is 2.69 bits per heavy atom. The van der Waals surface area contributed by atoms with Gasteiger partial charge in [0.2, 0.25) is 5.95 Å². The van der Waals surface area contributed by atoms with E-state index in [1.807, 2.05) is 31.4 Å². The molecule has 0 aliphatic carbocycles. The molecule has 2 aliphatic rings. The van der Waals surface area contributed by atoms with E-state index in [9.17, 15) is 4.79 Å². The number of aryl methyl sites for hydroxylation is 1. The first kappa shape index (κ1) is 27.4. The molecule has 0 aromatic carbocycles. The Kier molecular flexibility index (Phi) is 7.56. The van der Waals surface area contributed by atoms with E-state index in [2.05, 4.69) is 38.7 Å². The van der Waals surface area contributed by atoms with Crippen LogP contribution in [0.15, 0.2) is 18.6 Å². The summed E-state index contributed by atoms with van der Waals surface area (Å²) in [6.45, 7) is 14.0. The molecule has 0 spiro atoms. The third-order valence-electron chi connectivity index (χ3n) is 7.42. The lowest BCUT2D eigenvalue weighted by Crippen LogP contribution is -2.54. The van der Waals surface area contributed by atoms with E-state index in [1.54, 1.807) is 24.3 Å². The van der Waals surface area contributed by atoms with E-state index < -0.39 is 11.5 Å². The van der Waals surface area contributed by atoms with Crippen LogP contribution in [0, 0.1) is 12.9 Å². The minimum Gasteiger partial charge on any atom is -0.444 e. The highest BCUT2D eigenvalue weighted by molar-refractivity contribution is 5.87. The molecule has 2 saturated heterocycles. The van der Waals surface area contributed by atoms with Gasteiger partial charge in [-0.2, -0.15) is 4.39 Å². The van der Waals surface area contributed by atoms with Crippen LogP contribution in [-0.4, -0.2) is 78.3 Å². The minimum atomic E-state index is -0.600. The number of hydrogen-bond donors (Lipinski definition) is 0. The summed E-state index contributed by atoms with van der Waals surface area (Å²) >= 11 is 0. The number of fused-ring (bicyclic) bond motifs is 1. The molecule has 0 saturated carbocycles. The molecule has 1 amide bonds. The van der Waals surface area contributed by atoms with Gasteiger partial charge in [0.15, 0.2) is 5.65 Å². The van der Waals surface area contributed by atoms with Crippen molar-refractivity contribution in [3.63, 3.8) is 0 Å². The Morgan fingerprint density at radius 1 is 1.21 bits per heavy atom. The van der Waals surface area contributed by atoms with Crippen LogP contribution in [0.3, 0.4) is 0 Å². The van der Waals surface area contributed by atoms with Crippen molar-refractivity contribution in [2.24, 2.45) is 0 Å². The Hall–Kier alpha value is -3.18. The summed E-state index contributed by atoms with van der Waals surface area (Å²) in [7, 11) is 0. The number of aromatic nitrogens is 5. The molecular formula is C28H38FN7O3. The molecule has 0 unspecified atom stereocenters. The summed E-state index contributed by atoms with van der Waals surface area (Å²) in [4.78, 5) is 34.6. The largest absolute Gasteiger partial charge is 0.444 e. The predicted octanol–water partition coefficient (Wildman–Crippen LogP) is 5.04. The average Bonchev–Trinajstić information content (AvgIpc) is 3.31. The molecule has 2 aliphatic heterocycles. The standard InChI is InChI=1S/C28H38FN7O3/c1-17-15-34(27(37)39-28(4,5)6)10-11-35(17)18(2)20-13-21(25(29)30-14-20)23-24-26(33-19(3)32-23)36(16-31-24)22-9-7-8-12-38-22/h13-14,16-18,22H,7-12,15H2,1-6H3/t17-,18+,22+/m0/s1. The van der Waals surface area contributed by atoms with Gasteiger partial charge in [0.1, 0.15) is 28.9 Å². The highest BCUT2D eigenvalue weighted by Crippen LogP contribution is 2.33. The molecule has 0 radical (unpaired) electrons. The Bertz CT molecular complexity index is 1350. The second-order valence-corrected chi connectivity index (χ2v) is 11.6. The number of halogens is 1. The van der Waals surface area contributed by atoms with Gasteiger partial charge in [-0.3, -0.25) is 9.47 Å². The van der Waals surface area contributed by atoms with Crippen molar-refractivity contribution in [1.29, 1.82) is 0 Å². The fourth-order valence-electron chi connectivity index (χ4n) is 5.46. The molecule has 5 rings (SSSR count). The average molecular weight is 540 g/mol. The number of rotatable bonds is 4. The summed E-state index contributed by atoms with van der Waals surface area (Å²) < 4.78 is 28.7. The molecule has 3 aromatic heterocycles. The van der Waals surface area contributed by atoms with E-state index in [1.165, 1.54) is 0 Å². The Morgan fingerprint density at radius 2 is 2.00 bits per heavy atom. The fourth-order valence-corrected chi connectivity index (χ4v) is 5.46. The van der Waals surface area contributed by atoms with Gasteiger partial charge in [-0.25, -0.2) is 24.7 Å². The van der Waals surface area contributed by atoms with Crippen molar-refractivity contribution in [2.45, 2.75) is 84.7 Å². The monoisotopic (exact) mass is 539 g/mol. The van der Waals surface area contributed by atoms with Crippen molar-refractivity contribution in [2.75, 3.05) is 26.2 Å². The maximum absolute atomic E-state index is 15.2. The van der Waals surface area contributed by atoms with Gasteiger partial charge < -0.3 is 14.4 Å². The highest BCUT2D eigenvalue weighted by Gasteiger charge is 2.33. The highest BCUT2D eigenvalue weighted by atomic mass is 19.1. The number of amides is 1. The molecule has 3 atom stereocenters. The molecule has 39 heavy (non-hydrogen) atoms. The quantitative estimate of drug-likeness (QED) is 0.426. The summed E-state index contributed by atoms with van der Waals surface area (Å²) in [5, 5.41) is 0. The normalized spacial score (nSPS) is 21.8. The molecule has 0 bridgehead atoms. The molecule has 0 N–H and O–H groups in total. The number of piperazine rings is 1. The van der Waals surface area contributed by atoms with Gasteiger partial charge >= 0.3 is 6.09 Å². The zero-order valence-electron chi connectivity index (χ0n) is 23.6. The van der Waals surface area contributed by atoms with E-state index in [-0.39, 0.29) is 24.4 Å². The van der Waals surface area contributed by atoms with Gasteiger partial charge in [0, 0.05) is 44.5 Å². The maximum Gasteiger partial charge on any atom is 0.410 e. The number of imidazole rings is 1. The van der Waals surface area contributed by atoms with E-state index in [0.717, 1.165) is 24.8 Å². The van der Waals surface area contributed by atoms with Crippen LogP contribution >= 0.6 is 0 Å². The van der Waals surface area contributed by atoms with Crippen molar-refractivity contribution < 1.29 is 18.7 Å². The molecule has 2 fully saturated rings. The van der Waals surface area contributed by atoms with Gasteiger partial charge in [0.25, 0.3) is 0 Å². The fraction of sp³-hybridized carbons (Fsp3) is 0.607. The van der Waals surface area contributed by atoms with Crippen LogP contribution in [0.1, 0.15) is 77.5 Å². The first-order chi connectivity index (χ1) is 18.5. The SMILES string of the molecule is Cc1nc(-c2cc([C@@H](C)N3CCN(C(=O)OC(C)(C)C)C[C@@H]3C)cnc2F)c2ncn([C@H]3CCCCO3)c2n1. The third-order valence-corrected chi connectivity index (χ3v) is 7.42. The number of hydrogen-bond acceptors (Lipinski definition) is 8. The first-order valence-corrected chi connectivity index (χ1v) is 13.7. The smallest absolute Gasteiger partial charge is 0.410 e. The van der Waals surface area contributed by atoms with Crippen molar-refractivity contribution in [1.82, 2.24) is 34.3 Å². The van der Waals surface area contributed by atoms with Crippen LogP contribution < -0.4 is 0 Å². The number of pyridine rings is 1. The number of carbonyl (C=O) groups is 1. The summed E-state index contributed by atoms with van der Waals surface area (Å²) in [6, 6.07) is 1.84. The minimum absolute atomic E-state index is 0.0562. The van der Waals surface area contributed by atoms with Crippen LogP contribution in [0.2, 0.25) is 0 Å². The molecule has 5 heterocycles. The van der Waals surface area contributed by atoms with Gasteiger partial charge in [-0.1, -0.05) is 0 Å². The third kappa shape index (κ3) is 5.74. The molecule has 3 aromatic rings. The molecular weight excluding hydrogens is 501 g/mol. The van der Waals surface area contributed by atoms with E-state index >= 15 is 4.39 Å². The topological polar surface area (TPSA) is 98.5 Å². The number of ether oxygens (including phenoxy) is 2. The van der Waals surface area contributed by atoms with Crippen LogP contribution in [0.5, 0.6) is 0 Å². The van der Waals surface area contributed by atoms with Gasteiger partial charge in [0.05, 0.1) is 11.9 Å². The van der Waals surface area contributed by atoms with Crippen LogP contribution in [-0.2, 0) is 9.47 Å². The zero-order valence-corrected chi connectivity index (χ0v) is 23.6. The molecule has 210 valence electrons. The van der Waals surface area contributed by atoms with Crippen molar-refractivity contribution >= 4 is 17.3 Å². The number of carbonyl (C=O) groups excluding carboxylic acids is 1.